The number of hydrogen-bond donors (Lipinski definition) is 2. The Balaban J connectivity index is 1.65. The molecular formula is C14H14N4S. The van der Waals surface area contributed by atoms with Crippen LogP contribution >= 0.6 is 11.8 Å². The lowest BCUT2D eigenvalue weighted by molar-refractivity contribution is 1.06. The number of pyridine rings is 1. The summed E-state index contributed by atoms with van der Waals surface area (Å²) in [5.74, 6) is 0.985. The van der Waals surface area contributed by atoms with E-state index in [4.69, 9.17) is 5.73 Å². The van der Waals surface area contributed by atoms with Gasteiger partial charge in [0.1, 0.15) is 0 Å². The third-order valence-electron chi connectivity index (χ3n) is 2.86. The van der Waals surface area contributed by atoms with Crippen LogP contribution in [0.3, 0.4) is 0 Å². The molecule has 0 fully saturated rings. The van der Waals surface area contributed by atoms with Gasteiger partial charge in [0.25, 0.3) is 0 Å². The summed E-state index contributed by atoms with van der Waals surface area (Å²) < 4.78 is 0. The van der Waals surface area contributed by atoms with Crippen molar-refractivity contribution in [2.24, 2.45) is 0 Å². The molecule has 0 radical (unpaired) electrons. The van der Waals surface area contributed by atoms with E-state index >= 15 is 0 Å². The number of thioether (sulfide) groups is 1. The molecule has 3 N–H and O–H groups in total. The van der Waals surface area contributed by atoms with Crippen LogP contribution < -0.4 is 5.73 Å². The number of aromatic amines is 1. The first-order valence-corrected chi connectivity index (χ1v) is 7.07. The Morgan fingerprint density at radius 1 is 1.16 bits per heavy atom. The van der Waals surface area contributed by atoms with Crippen LogP contribution in [0.1, 0.15) is 5.56 Å². The highest BCUT2D eigenvalue weighted by Crippen LogP contribution is 2.21. The summed E-state index contributed by atoms with van der Waals surface area (Å²) in [5.41, 5.74) is 9.75. The zero-order valence-corrected chi connectivity index (χ0v) is 11.2. The number of nitrogens with zero attached hydrogens (tertiary/aromatic N) is 2. The number of imidazole rings is 1. The Hall–Kier alpha value is -2.01. The molecule has 4 nitrogen and oxygen atoms in total. The first-order valence-electron chi connectivity index (χ1n) is 6.08. The predicted octanol–water partition coefficient (Wildman–Crippen LogP) is 2.87. The maximum atomic E-state index is 5.75. The first kappa shape index (κ1) is 12.0. The molecule has 0 bridgehead atoms. The average Bonchev–Trinajstić information content (AvgIpc) is 2.82. The quantitative estimate of drug-likeness (QED) is 0.565. The van der Waals surface area contributed by atoms with Gasteiger partial charge < -0.3 is 10.7 Å². The first-order chi connectivity index (χ1) is 9.31. The molecular weight excluding hydrogens is 256 g/mol. The lowest BCUT2D eigenvalue weighted by atomic mass is 10.2. The molecule has 19 heavy (non-hydrogen) atoms. The van der Waals surface area contributed by atoms with Gasteiger partial charge in [0.15, 0.2) is 5.16 Å². The molecule has 0 aliphatic heterocycles. The molecule has 1 aromatic carbocycles. The van der Waals surface area contributed by atoms with E-state index in [1.54, 1.807) is 11.8 Å². The van der Waals surface area contributed by atoms with Gasteiger partial charge in [-0.2, -0.15) is 0 Å². The fraction of sp³-hybridized carbons (Fsp3) is 0.143. The number of nitrogens with two attached hydrogens (primary N) is 1. The number of nitrogens with one attached hydrogen (secondary N) is 1. The number of rotatable bonds is 4. The van der Waals surface area contributed by atoms with Crippen molar-refractivity contribution in [3.05, 3.63) is 48.3 Å². The number of hydrogen-bond acceptors (Lipinski definition) is 4. The summed E-state index contributed by atoms with van der Waals surface area (Å²) in [6, 6.07) is 9.80. The van der Waals surface area contributed by atoms with Gasteiger partial charge >= 0.3 is 0 Å². The molecule has 5 heteroatoms. The molecule has 0 atom stereocenters. The molecule has 0 spiro atoms. The van der Waals surface area contributed by atoms with Crippen molar-refractivity contribution in [2.45, 2.75) is 11.6 Å². The van der Waals surface area contributed by atoms with Crippen LogP contribution in [0.25, 0.3) is 11.0 Å². The number of H-pyrrole nitrogens is 1. The summed E-state index contributed by atoms with van der Waals surface area (Å²) in [6.45, 7) is 0. The molecule has 3 rings (SSSR count). The van der Waals surface area contributed by atoms with Gasteiger partial charge in [0.2, 0.25) is 0 Å². The third-order valence-corrected chi connectivity index (χ3v) is 3.74. The van der Waals surface area contributed by atoms with Gasteiger partial charge in [-0.25, -0.2) is 4.98 Å². The fourth-order valence-electron chi connectivity index (χ4n) is 1.89. The van der Waals surface area contributed by atoms with Gasteiger partial charge in [0, 0.05) is 23.8 Å². The van der Waals surface area contributed by atoms with Gasteiger partial charge in [-0.1, -0.05) is 11.8 Å². The Bertz CT molecular complexity index is 678. The lowest BCUT2D eigenvalue weighted by Gasteiger charge is -1.98. The number of benzene rings is 1. The van der Waals surface area contributed by atoms with Gasteiger partial charge in [-0.05, 0) is 42.3 Å². The van der Waals surface area contributed by atoms with Crippen molar-refractivity contribution in [3.63, 3.8) is 0 Å². The summed E-state index contributed by atoms with van der Waals surface area (Å²) >= 11 is 1.72. The minimum Gasteiger partial charge on any atom is -0.399 e. The van der Waals surface area contributed by atoms with Crippen LogP contribution in [0, 0.1) is 0 Å². The SMILES string of the molecule is Nc1ccc2nc(SCCc3ccncc3)[nH]c2c1. The van der Waals surface area contributed by atoms with E-state index in [0.717, 1.165) is 34.1 Å². The molecule has 0 aliphatic carbocycles. The van der Waals surface area contributed by atoms with Crippen LogP contribution in [-0.2, 0) is 6.42 Å². The van der Waals surface area contributed by atoms with E-state index in [-0.39, 0.29) is 0 Å². The Labute approximate surface area is 115 Å². The van der Waals surface area contributed by atoms with Gasteiger partial charge in [-0.3, -0.25) is 4.98 Å². The maximum absolute atomic E-state index is 5.75. The second-order valence-electron chi connectivity index (χ2n) is 4.27. The second kappa shape index (κ2) is 5.32. The van der Waals surface area contributed by atoms with E-state index in [0.29, 0.717) is 0 Å². The third kappa shape index (κ3) is 2.88. The summed E-state index contributed by atoms with van der Waals surface area (Å²) in [6.07, 6.45) is 4.65. The van der Waals surface area contributed by atoms with Crippen molar-refractivity contribution in [1.29, 1.82) is 0 Å². The van der Waals surface area contributed by atoms with E-state index in [1.165, 1.54) is 5.56 Å². The average molecular weight is 270 g/mol. The van der Waals surface area contributed by atoms with Crippen LogP contribution in [0.15, 0.2) is 47.9 Å². The summed E-state index contributed by atoms with van der Waals surface area (Å²) in [5, 5.41) is 0.939. The smallest absolute Gasteiger partial charge is 0.166 e. The highest BCUT2D eigenvalue weighted by molar-refractivity contribution is 7.99. The number of aromatic nitrogens is 3. The van der Waals surface area contributed by atoms with Crippen molar-refractivity contribution in [3.8, 4) is 0 Å². The molecule has 2 aromatic heterocycles. The van der Waals surface area contributed by atoms with E-state index in [1.807, 2.05) is 42.7 Å². The molecule has 0 amide bonds. The lowest BCUT2D eigenvalue weighted by Crippen LogP contribution is -1.89. The second-order valence-corrected chi connectivity index (χ2v) is 5.36. The van der Waals surface area contributed by atoms with Crippen LogP contribution in [0.5, 0.6) is 0 Å². The Kier molecular flexibility index (Phi) is 3.37. The monoisotopic (exact) mass is 270 g/mol. The van der Waals surface area contributed by atoms with Crippen molar-refractivity contribution < 1.29 is 0 Å². The normalized spacial score (nSPS) is 10.9. The van der Waals surface area contributed by atoms with Crippen LogP contribution in [0.4, 0.5) is 5.69 Å². The van der Waals surface area contributed by atoms with E-state index < -0.39 is 0 Å². The number of anilines is 1. The van der Waals surface area contributed by atoms with E-state index in [9.17, 15) is 0 Å². The largest absolute Gasteiger partial charge is 0.399 e. The molecule has 3 aromatic rings. The summed E-state index contributed by atoms with van der Waals surface area (Å²) in [7, 11) is 0. The molecule has 0 aliphatic rings. The van der Waals surface area contributed by atoms with Crippen molar-refractivity contribution >= 4 is 28.5 Å². The minimum absolute atomic E-state index is 0.754. The zero-order valence-electron chi connectivity index (χ0n) is 10.3. The zero-order chi connectivity index (χ0) is 13.1. The number of aryl methyl sites for hydroxylation is 1. The highest BCUT2D eigenvalue weighted by atomic mass is 32.2. The van der Waals surface area contributed by atoms with Gasteiger partial charge in [0.05, 0.1) is 11.0 Å². The highest BCUT2D eigenvalue weighted by Gasteiger charge is 2.03. The minimum atomic E-state index is 0.754. The Morgan fingerprint density at radius 3 is 2.84 bits per heavy atom. The molecule has 0 saturated heterocycles. The summed E-state index contributed by atoms with van der Waals surface area (Å²) in [4.78, 5) is 11.8. The van der Waals surface area contributed by atoms with Gasteiger partial charge in [-0.15, -0.1) is 0 Å². The number of fused-ring (bicyclic) bond motifs is 1. The molecule has 0 unspecified atom stereocenters. The van der Waals surface area contributed by atoms with Crippen LogP contribution in [-0.4, -0.2) is 20.7 Å². The Morgan fingerprint density at radius 2 is 2.00 bits per heavy atom. The van der Waals surface area contributed by atoms with Crippen molar-refractivity contribution in [1.82, 2.24) is 15.0 Å². The molecule has 0 saturated carbocycles. The van der Waals surface area contributed by atoms with E-state index in [2.05, 4.69) is 15.0 Å². The van der Waals surface area contributed by atoms with Crippen molar-refractivity contribution in [2.75, 3.05) is 11.5 Å². The topological polar surface area (TPSA) is 67.6 Å². The molecule has 2 heterocycles. The standard InChI is InChI=1S/C14H14N4S/c15-11-1-2-12-13(9-11)18-14(17-12)19-8-5-10-3-6-16-7-4-10/h1-4,6-7,9H,5,8,15H2,(H,17,18). The fourth-order valence-corrected chi connectivity index (χ4v) is 2.76. The number of nitrogen functional groups attached to an aromatic ring is 1. The predicted molar refractivity (Wildman–Crippen MR) is 79.2 cm³/mol. The maximum Gasteiger partial charge on any atom is 0.166 e. The molecule has 96 valence electrons. The van der Waals surface area contributed by atoms with Crippen LogP contribution in [0.2, 0.25) is 0 Å².